The molecule has 0 aromatic rings. The number of alkyl halides is 3. The lowest BCUT2D eigenvalue weighted by Crippen LogP contribution is -2.05. The number of halogens is 3. The molecule has 7 heavy (non-hydrogen) atoms. The monoisotopic (exact) mass is 114 g/mol. The van der Waals surface area contributed by atoms with Gasteiger partial charge in [-0.05, 0) is 6.92 Å². The van der Waals surface area contributed by atoms with Crippen LogP contribution in [0.25, 0.3) is 0 Å². The zero-order valence-electron chi connectivity index (χ0n) is 3.70. The molecule has 0 amide bonds. The van der Waals surface area contributed by atoms with Gasteiger partial charge in [-0.3, -0.25) is 4.74 Å². The zero-order chi connectivity index (χ0) is 5.86. The van der Waals surface area contributed by atoms with Crippen LogP contribution in [0.15, 0.2) is 0 Å². The van der Waals surface area contributed by atoms with E-state index < -0.39 is 13.0 Å². The summed E-state index contributed by atoms with van der Waals surface area (Å²) < 4.78 is 36.1. The van der Waals surface area contributed by atoms with Crippen LogP contribution in [0.1, 0.15) is 6.92 Å². The Morgan fingerprint density at radius 3 is 1.71 bits per heavy atom. The van der Waals surface area contributed by atoms with E-state index in [1.54, 1.807) is 0 Å². The smallest absolute Gasteiger partial charge is 0.288 e. The molecule has 0 N–H and O–H groups in total. The summed E-state index contributed by atoms with van der Waals surface area (Å²) in [6.07, 6.45) is -1.87. The topological polar surface area (TPSA) is 9.23 Å². The number of ether oxygens (including phenoxy) is 1. The third-order valence-corrected chi connectivity index (χ3v) is 0.290. The highest BCUT2D eigenvalue weighted by Gasteiger charge is 2.05. The van der Waals surface area contributed by atoms with Crippen LogP contribution in [0.4, 0.5) is 13.2 Å². The summed E-state index contributed by atoms with van der Waals surface area (Å²) in [4.78, 5) is 0. The molecular formula is C3H5F3O. The first kappa shape index (κ1) is 6.75. The minimum absolute atomic E-state index is 0.895. The van der Waals surface area contributed by atoms with Gasteiger partial charge in [-0.2, -0.15) is 8.78 Å². The summed E-state index contributed by atoms with van der Waals surface area (Å²) >= 11 is 0. The van der Waals surface area contributed by atoms with Crippen molar-refractivity contribution in [1.82, 2.24) is 0 Å². The van der Waals surface area contributed by atoms with E-state index in [2.05, 4.69) is 4.74 Å². The average molecular weight is 114 g/mol. The van der Waals surface area contributed by atoms with E-state index in [1.807, 2.05) is 0 Å². The molecule has 44 valence electrons. The maximum absolute atomic E-state index is 11.2. The van der Waals surface area contributed by atoms with Crippen molar-refractivity contribution < 1.29 is 17.9 Å². The molecular weight excluding hydrogens is 109 g/mol. The third kappa shape index (κ3) is 5.75. The van der Waals surface area contributed by atoms with E-state index in [9.17, 15) is 13.2 Å². The molecule has 4 heteroatoms. The summed E-state index contributed by atoms with van der Waals surface area (Å²) in [6, 6.07) is 0. The molecule has 0 fully saturated rings. The van der Waals surface area contributed by atoms with E-state index in [1.165, 1.54) is 0 Å². The molecule has 0 saturated carbocycles. The Kier molecular flexibility index (Phi) is 2.75. The first-order valence-corrected chi connectivity index (χ1v) is 1.70. The Morgan fingerprint density at radius 2 is 1.71 bits per heavy atom. The summed E-state index contributed by atoms with van der Waals surface area (Å²) in [5.41, 5.74) is 0. The highest BCUT2D eigenvalue weighted by molar-refractivity contribution is 4.19. The second-order valence-corrected chi connectivity index (χ2v) is 0.940. The summed E-state index contributed by atoms with van der Waals surface area (Å²) in [7, 11) is 0. The number of rotatable bonds is 2. The molecule has 1 atom stereocenters. The Hall–Kier alpha value is -0.250. The van der Waals surface area contributed by atoms with Crippen molar-refractivity contribution in [2.45, 2.75) is 19.9 Å². The number of hydrogen-bond donors (Lipinski definition) is 0. The van der Waals surface area contributed by atoms with Crippen LogP contribution in [0, 0.1) is 0 Å². The first-order valence-electron chi connectivity index (χ1n) is 1.70. The van der Waals surface area contributed by atoms with E-state index in [4.69, 9.17) is 0 Å². The Bertz CT molecular complexity index is 39.4. The van der Waals surface area contributed by atoms with Crippen LogP contribution >= 0.6 is 0 Å². The van der Waals surface area contributed by atoms with Gasteiger partial charge in [0.05, 0.1) is 0 Å². The van der Waals surface area contributed by atoms with Gasteiger partial charge in [0.1, 0.15) is 0 Å². The largest absolute Gasteiger partial charge is 0.347 e. The summed E-state index contributed by atoms with van der Waals surface area (Å²) in [6.45, 7) is -2.11. The fourth-order valence-electron chi connectivity index (χ4n) is 0.142. The van der Waals surface area contributed by atoms with Gasteiger partial charge in [-0.1, -0.05) is 0 Å². The van der Waals surface area contributed by atoms with Crippen molar-refractivity contribution in [3.63, 3.8) is 0 Å². The van der Waals surface area contributed by atoms with Gasteiger partial charge in [-0.25, -0.2) is 4.39 Å². The van der Waals surface area contributed by atoms with E-state index in [-0.39, 0.29) is 0 Å². The number of hydrogen-bond acceptors (Lipinski definition) is 1. The molecule has 0 aliphatic heterocycles. The predicted octanol–water partition coefficient (Wildman–Crippen LogP) is 1.54. The molecule has 0 saturated heterocycles. The lowest BCUT2D eigenvalue weighted by atomic mass is 10.8. The maximum atomic E-state index is 11.2. The van der Waals surface area contributed by atoms with Crippen molar-refractivity contribution in [2.24, 2.45) is 0 Å². The zero-order valence-corrected chi connectivity index (χ0v) is 3.70. The minimum Gasteiger partial charge on any atom is -0.288 e. The van der Waals surface area contributed by atoms with Crippen molar-refractivity contribution in [2.75, 3.05) is 0 Å². The molecule has 0 spiro atoms. The third-order valence-electron chi connectivity index (χ3n) is 0.290. The van der Waals surface area contributed by atoms with Gasteiger partial charge >= 0.3 is 6.61 Å². The lowest BCUT2D eigenvalue weighted by molar-refractivity contribution is -0.193. The van der Waals surface area contributed by atoms with Crippen LogP contribution in [-0.2, 0) is 4.74 Å². The van der Waals surface area contributed by atoms with Crippen LogP contribution in [-0.4, -0.2) is 13.0 Å². The van der Waals surface area contributed by atoms with Gasteiger partial charge in [0.25, 0.3) is 0 Å². The van der Waals surface area contributed by atoms with E-state index in [0.29, 0.717) is 0 Å². The molecule has 1 unspecified atom stereocenters. The van der Waals surface area contributed by atoms with Gasteiger partial charge in [-0.15, -0.1) is 0 Å². The first-order chi connectivity index (χ1) is 3.13. The Labute approximate surface area is 39.1 Å². The summed E-state index contributed by atoms with van der Waals surface area (Å²) in [5, 5.41) is 0. The molecule has 0 aromatic heterocycles. The van der Waals surface area contributed by atoms with Gasteiger partial charge < -0.3 is 0 Å². The summed E-state index contributed by atoms with van der Waals surface area (Å²) in [5.74, 6) is 0. The molecule has 0 aromatic carbocycles. The normalized spacial score (nSPS) is 15.0. The van der Waals surface area contributed by atoms with E-state index in [0.717, 1.165) is 6.92 Å². The highest BCUT2D eigenvalue weighted by Crippen LogP contribution is 2.00. The van der Waals surface area contributed by atoms with Crippen molar-refractivity contribution in [1.29, 1.82) is 0 Å². The van der Waals surface area contributed by atoms with Gasteiger partial charge in [0.15, 0.2) is 0 Å². The molecule has 0 aliphatic rings. The lowest BCUT2D eigenvalue weighted by Gasteiger charge is -1.99. The van der Waals surface area contributed by atoms with E-state index >= 15 is 0 Å². The fraction of sp³-hybridized carbons (Fsp3) is 1.00. The molecule has 0 aliphatic carbocycles. The van der Waals surface area contributed by atoms with Crippen LogP contribution in [0.2, 0.25) is 0 Å². The predicted molar refractivity (Wildman–Crippen MR) is 17.7 cm³/mol. The second kappa shape index (κ2) is 2.85. The molecule has 1 nitrogen and oxygen atoms in total. The van der Waals surface area contributed by atoms with Crippen molar-refractivity contribution in [3.05, 3.63) is 0 Å². The van der Waals surface area contributed by atoms with Crippen LogP contribution < -0.4 is 0 Å². The second-order valence-electron chi connectivity index (χ2n) is 0.940. The molecule has 0 rings (SSSR count). The van der Waals surface area contributed by atoms with Crippen LogP contribution in [0.3, 0.4) is 0 Å². The quantitative estimate of drug-likeness (QED) is 0.529. The standard InChI is InChI=1S/C3H5F3O/c1-2(4)7-3(5)6/h2-3H,1H3. The average Bonchev–Trinajstić information content (AvgIpc) is 1.27. The highest BCUT2D eigenvalue weighted by atomic mass is 19.3. The fourth-order valence-corrected chi connectivity index (χ4v) is 0.142. The Morgan fingerprint density at radius 1 is 1.29 bits per heavy atom. The maximum Gasteiger partial charge on any atom is 0.347 e. The van der Waals surface area contributed by atoms with Gasteiger partial charge in [0.2, 0.25) is 6.36 Å². The SMILES string of the molecule is CC(F)OC(F)F. The molecule has 0 radical (unpaired) electrons. The minimum atomic E-state index is -3.00. The van der Waals surface area contributed by atoms with Gasteiger partial charge in [0, 0.05) is 0 Å². The van der Waals surface area contributed by atoms with Crippen molar-refractivity contribution in [3.8, 4) is 0 Å². The Balaban J connectivity index is 2.95. The van der Waals surface area contributed by atoms with Crippen molar-refractivity contribution >= 4 is 0 Å². The molecule has 0 bridgehead atoms. The van der Waals surface area contributed by atoms with Crippen LogP contribution in [0.5, 0.6) is 0 Å². The molecule has 0 heterocycles.